The third kappa shape index (κ3) is 2.64. The number of aryl methyl sites for hydroxylation is 1. The smallest absolute Gasteiger partial charge is 0.308 e. The van der Waals surface area contributed by atoms with Crippen molar-refractivity contribution in [3.05, 3.63) is 29.6 Å². The quantitative estimate of drug-likeness (QED) is 0.926. The number of carboxylic acids is 1. The Morgan fingerprint density at radius 1 is 1.38 bits per heavy atom. The van der Waals surface area contributed by atoms with Crippen LogP contribution in [0.5, 0.6) is 0 Å². The molecule has 1 N–H and O–H groups in total. The van der Waals surface area contributed by atoms with Crippen molar-refractivity contribution in [2.24, 2.45) is 5.92 Å². The number of likely N-dealkylation sites (tertiary alicyclic amines) is 1. The first kappa shape index (κ1) is 14.0. The molecule has 0 spiro atoms. The maximum Gasteiger partial charge on any atom is 0.308 e. The summed E-state index contributed by atoms with van der Waals surface area (Å²) in [4.78, 5) is 30.2. The number of carbonyl (C=O) groups is 2. The summed E-state index contributed by atoms with van der Waals surface area (Å²) in [5.74, 6) is -1.27. The lowest BCUT2D eigenvalue weighted by Gasteiger charge is -2.34. The lowest BCUT2D eigenvalue weighted by atomic mass is 9.88. The zero-order chi connectivity index (χ0) is 15.0. The molecule has 1 aromatic heterocycles. The largest absolute Gasteiger partial charge is 0.481 e. The van der Waals surface area contributed by atoms with Gasteiger partial charge in [-0.05, 0) is 49.8 Å². The van der Waals surface area contributed by atoms with Crippen molar-refractivity contribution in [3.63, 3.8) is 0 Å². The van der Waals surface area contributed by atoms with Crippen LogP contribution in [-0.4, -0.2) is 32.9 Å². The molecule has 0 radical (unpaired) electrons. The summed E-state index contributed by atoms with van der Waals surface area (Å²) in [6.45, 7) is 1.95. The van der Waals surface area contributed by atoms with Gasteiger partial charge in [-0.25, -0.2) is 0 Å². The van der Waals surface area contributed by atoms with E-state index in [1.807, 2.05) is 17.9 Å². The summed E-state index contributed by atoms with van der Waals surface area (Å²) in [6, 6.07) is 1.72. The Balaban J connectivity index is 2.08. The third-order valence-electron chi connectivity index (χ3n) is 4.53. The van der Waals surface area contributed by atoms with E-state index in [9.17, 15) is 14.7 Å². The standard InChI is InChI=1S/C16H20N2O3/c1-10-7-8-17-9-13(10)15-12(16(20)21)3-2-4-14(19)18(15)11-5-6-11/h7-9,11-12,15H,2-6H2,1H3,(H,20,21). The van der Waals surface area contributed by atoms with Crippen LogP contribution in [-0.2, 0) is 9.59 Å². The number of nitrogens with zero attached hydrogens (tertiary/aromatic N) is 2. The second-order valence-corrected chi connectivity index (χ2v) is 6.05. The fourth-order valence-corrected chi connectivity index (χ4v) is 3.30. The predicted molar refractivity (Wildman–Crippen MR) is 76.6 cm³/mol. The molecule has 5 heteroatoms. The van der Waals surface area contributed by atoms with E-state index in [1.54, 1.807) is 12.4 Å². The van der Waals surface area contributed by atoms with Crippen LogP contribution in [0.3, 0.4) is 0 Å². The molecule has 2 fully saturated rings. The highest BCUT2D eigenvalue weighted by Crippen LogP contribution is 2.43. The van der Waals surface area contributed by atoms with Crippen LogP contribution in [0.25, 0.3) is 0 Å². The minimum atomic E-state index is -0.816. The SMILES string of the molecule is Cc1ccncc1C1C(C(=O)O)CCCC(=O)N1C1CC1. The van der Waals surface area contributed by atoms with Crippen LogP contribution in [0.4, 0.5) is 0 Å². The van der Waals surface area contributed by atoms with Crippen molar-refractivity contribution in [3.8, 4) is 0 Å². The predicted octanol–water partition coefficient (Wildman–Crippen LogP) is 2.31. The summed E-state index contributed by atoms with van der Waals surface area (Å²) < 4.78 is 0. The number of carboxylic acid groups (broad SMARTS) is 1. The van der Waals surface area contributed by atoms with Crippen molar-refractivity contribution in [1.82, 2.24) is 9.88 Å². The monoisotopic (exact) mass is 288 g/mol. The topological polar surface area (TPSA) is 70.5 Å². The normalized spacial score (nSPS) is 26.5. The highest BCUT2D eigenvalue weighted by atomic mass is 16.4. The van der Waals surface area contributed by atoms with E-state index < -0.39 is 11.9 Å². The van der Waals surface area contributed by atoms with Gasteiger partial charge in [0.05, 0.1) is 12.0 Å². The molecule has 3 rings (SSSR count). The van der Waals surface area contributed by atoms with Gasteiger partial charge in [-0.3, -0.25) is 14.6 Å². The summed E-state index contributed by atoms with van der Waals surface area (Å²) in [5, 5.41) is 9.63. The minimum absolute atomic E-state index is 0.0921. The minimum Gasteiger partial charge on any atom is -0.481 e. The molecule has 1 saturated heterocycles. The first-order chi connectivity index (χ1) is 10.1. The van der Waals surface area contributed by atoms with Crippen LogP contribution in [0.1, 0.15) is 49.3 Å². The number of amides is 1. The van der Waals surface area contributed by atoms with E-state index >= 15 is 0 Å². The lowest BCUT2D eigenvalue weighted by molar-refractivity contribution is -0.146. The summed E-state index contributed by atoms with van der Waals surface area (Å²) in [6.07, 6.45) is 7.04. The molecular formula is C16H20N2O3. The van der Waals surface area contributed by atoms with Crippen molar-refractivity contribution in [2.45, 2.75) is 51.1 Å². The van der Waals surface area contributed by atoms with Crippen LogP contribution >= 0.6 is 0 Å². The molecule has 1 saturated carbocycles. The summed E-state index contributed by atoms with van der Waals surface area (Å²) in [5.41, 5.74) is 1.88. The Kier molecular flexibility index (Phi) is 3.66. The molecule has 0 bridgehead atoms. The molecule has 1 aliphatic heterocycles. The molecule has 1 aliphatic carbocycles. The molecule has 21 heavy (non-hydrogen) atoms. The molecular weight excluding hydrogens is 268 g/mol. The van der Waals surface area contributed by atoms with Crippen LogP contribution < -0.4 is 0 Å². The van der Waals surface area contributed by atoms with E-state index in [2.05, 4.69) is 4.98 Å². The van der Waals surface area contributed by atoms with Crippen molar-refractivity contribution >= 4 is 11.9 Å². The summed E-state index contributed by atoms with van der Waals surface area (Å²) >= 11 is 0. The molecule has 2 atom stereocenters. The Morgan fingerprint density at radius 3 is 2.76 bits per heavy atom. The average molecular weight is 288 g/mol. The number of aromatic nitrogens is 1. The number of hydrogen-bond acceptors (Lipinski definition) is 3. The molecule has 1 amide bonds. The van der Waals surface area contributed by atoms with Crippen molar-refractivity contribution in [2.75, 3.05) is 0 Å². The van der Waals surface area contributed by atoms with Gasteiger partial charge in [-0.15, -0.1) is 0 Å². The fourth-order valence-electron chi connectivity index (χ4n) is 3.30. The first-order valence-electron chi connectivity index (χ1n) is 7.54. The van der Waals surface area contributed by atoms with E-state index in [0.29, 0.717) is 19.3 Å². The maximum atomic E-state index is 12.5. The van der Waals surface area contributed by atoms with Gasteiger partial charge >= 0.3 is 5.97 Å². The molecule has 112 valence electrons. The molecule has 5 nitrogen and oxygen atoms in total. The lowest BCUT2D eigenvalue weighted by Crippen LogP contribution is -2.40. The van der Waals surface area contributed by atoms with Crippen LogP contribution in [0.2, 0.25) is 0 Å². The number of carbonyl (C=O) groups excluding carboxylic acids is 1. The molecule has 2 unspecified atom stereocenters. The first-order valence-corrected chi connectivity index (χ1v) is 7.54. The molecule has 0 aromatic carbocycles. The fraction of sp³-hybridized carbons (Fsp3) is 0.562. The van der Waals surface area contributed by atoms with Gasteiger partial charge in [0.15, 0.2) is 0 Å². The number of pyridine rings is 1. The van der Waals surface area contributed by atoms with Gasteiger partial charge in [0.25, 0.3) is 0 Å². The molecule has 1 aromatic rings. The van der Waals surface area contributed by atoms with E-state index in [4.69, 9.17) is 0 Å². The zero-order valence-corrected chi connectivity index (χ0v) is 12.2. The Labute approximate surface area is 124 Å². The average Bonchev–Trinajstić information content (AvgIpc) is 3.26. The van der Waals surface area contributed by atoms with Crippen LogP contribution in [0, 0.1) is 12.8 Å². The van der Waals surface area contributed by atoms with Gasteiger partial charge in [-0.1, -0.05) is 0 Å². The second-order valence-electron chi connectivity index (χ2n) is 6.05. The maximum absolute atomic E-state index is 12.5. The van der Waals surface area contributed by atoms with Crippen LogP contribution in [0.15, 0.2) is 18.5 Å². The number of rotatable bonds is 3. The van der Waals surface area contributed by atoms with Gasteiger partial charge in [0.1, 0.15) is 0 Å². The summed E-state index contributed by atoms with van der Waals surface area (Å²) in [7, 11) is 0. The third-order valence-corrected chi connectivity index (χ3v) is 4.53. The second kappa shape index (κ2) is 5.47. The Morgan fingerprint density at radius 2 is 2.14 bits per heavy atom. The van der Waals surface area contributed by atoms with E-state index in [1.165, 1.54) is 0 Å². The van der Waals surface area contributed by atoms with Gasteiger partial charge < -0.3 is 10.0 Å². The number of hydrogen-bond donors (Lipinski definition) is 1. The molecule has 2 heterocycles. The Bertz CT molecular complexity index is 568. The molecule has 2 aliphatic rings. The van der Waals surface area contributed by atoms with Gasteiger partial charge in [0.2, 0.25) is 5.91 Å². The highest BCUT2D eigenvalue weighted by Gasteiger charge is 2.45. The van der Waals surface area contributed by atoms with E-state index in [-0.39, 0.29) is 18.0 Å². The van der Waals surface area contributed by atoms with Crippen molar-refractivity contribution < 1.29 is 14.7 Å². The zero-order valence-electron chi connectivity index (χ0n) is 12.2. The van der Waals surface area contributed by atoms with Gasteiger partial charge in [-0.2, -0.15) is 0 Å². The number of aliphatic carboxylic acids is 1. The van der Waals surface area contributed by atoms with Gasteiger partial charge in [0, 0.05) is 24.9 Å². The van der Waals surface area contributed by atoms with Crippen molar-refractivity contribution in [1.29, 1.82) is 0 Å². The highest BCUT2D eigenvalue weighted by molar-refractivity contribution is 5.80. The Hall–Kier alpha value is -1.91. The van der Waals surface area contributed by atoms with E-state index in [0.717, 1.165) is 24.0 Å².